The molecular formula is C15H19Br2N3O. The number of fused-ring (bicyclic) bond motifs is 1. The van der Waals surface area contributed by atoms with E-state index < -0.39 is 0 Å². The van der Waals surface area contributed by atoms with Crippen molar-refractivity contribution in [2.24, 2.45) is 11.8 Å². The summed E-state index contributed by atoms with van der Waals surface area (Å²) in [6.07, 6.45) is 0. The topological polar surface area (TPSA) is 44.4 Å². The van der Waals surface area contributed by atoms with Gasteiger partial charge in [0.15, 0.2) is 0 Å². The van der Waals surface area contributed by atoms with Gasteiger partial charge >= 0.3 is 0 Å². The minimum atomic E-state index is 0.0492. The third-order valence-corrected chi connectivity index (χ3v) is 5.53. The number of amides is 1. The number of rotatable bonds is 3. The summed E-state index contributed by atoms with van der Waals surface area (Å²) in [6.45, 7) is 6.75. The van der Waals surface area contributed by atoms with Crippen molar-refractivity contribution in [2.75, 3.05) is 38.0 Å². The summed E-state index contributed by atoms with van der Waals surface area (Å²) in [5.41, 5.74) is 1.96. The van der Waals surface area contributed by atoms with Crippen molar-refractivity contribution in [3.8, 4) is 0 Å². The Balaban J connectivity index is 1.60. The Kier molecular flexibility index (Phi) is 4.69. The van der Waals surface area contributed by atoms with Crippen LogP contribution in [0.5, 0.6) is 0 Å². The number of hydrogen-bond acceptors (Lipinski definition) is 3. The normalized spacial score (nSPS) is 25.1. The van der Waals surface area contributed by atoms with E-state index in [0.717, 1.165) is 58.2 Å². The van der Waals surface area contributed by atoms with Gasteiger partial charge < -0.3 is 10.6 Å². The van der Waals surface area contributed by atoms with Crippen LogP contribution >= 0.6 is 31.9 Å². The minimum Gasteiger partial charge on any atom is -0.323 e. The summed E-state index contributed by atoms with van der Waals surface area (Å²) in [7, 11) is 0. The molecule has 3 rings (SSSR count). The van der Waals surface area contributed by atoms with Gasteiger partial charge in [0.05, 0.1) is 12.2 Å². The monoisotopic (exact) mass is 415 g/mol. The fourth-order valence-corrected chi connectivity index (χ4v) is 4.90. The Morgan fingerprint density at radius 1 is 1.29 bits per heavy atom. The van der Waals surface area contributed by atoms with Gasteiger partial charge in [-0.2, -0.15) is 0 Å². The number of benzene rings is 1. The Labute approximate surface area is 141 Å². The van der Waals surface area contributed by atoms with Gasteiger partial charge in [-0.05, 0) is 81.4 Å². The molecule has 0 spiro atoms. The summed E-state index contributed by atoms with van der Waals surface area (Å²) < 4.78 is 1.82. The van der Waals surface area contributed by atoms with E-state index in [1.165, 1.54) is 0 Å². The van der Waals surface area contributed by atoms with Crippen LogP contribution in [0.3, 0.4) is 0 Å². The molecule has 1 amide bonds. The van der Waals surface area contributed by atoms with Gasteiger partial charge in [0.25, 0.3) is 0 Å². The average Bonchev–Trinajstić information content (AvgIpc) is 2.94. The van der Waals surface area contributed by atoms with Crippen LogP contribution in [0.15, 0.2) is 21.1 Å². The molecule has 2 aliphatic heterocycles. The SMILES string of the molecule is Cc1cc(Br)c(NC(=O)CN2CC3CNCC3C2)c(Br)c1. The molecule has 0 aromatic heterocycles. The molecule has 2 N–H and O–H groups in total. The second kappa shape index (κ2) is 6.36. The molecule has 6 heteroatoms. The zero-order valence-corrected chi connectivity index (χ0v) is 15.1. The molecule has 4 nitrogen and oxygen atoms in total. The number of halogens is 2. The molecule has 2 aliphatic rings. The standard InChI is InChI=1S/C15H19Br2N3O/c1-9-2-12(16)15(13(17)3-9)19-14(21)8-20-6-10-4-18-5-11(10)7-20/h2-3,10-11,18H,4-8H2,1H3,(H,19,21). The van der Waals surface area contributed by atoms with E-state index in [2.05, 4.69) is 47.4 Å². The number of carbonyl (C=O) groups is 1. The van der Waals surface area contributed by atoms with Gasteiger partial charge in [0.2, 0.25) is 5.91 Å². The van der Waals surface area contributed by atoms with E-state index in [1.54, 1.807) is 0 Å². The van der Waals surface area contributed by atoms with Crippen molar-refractivity contribution in [3.63, 3.8) is 0 Å². The van der Waals surface area contributed by atoms with Crippen molar-refractivity contribution in [1.82, 2.24) is 10.2 Å². The van der Waals surface area contributed by atoms with Crippen LogP contribution < -0.4 is 10.6 Å². The highest BCUT2D eigenvalue weighted by Crippen LogP contribution is 2.32. The molecule has 114 valence electrons. The van der Waals surface area contributed by atoms with Gasteiger partial charge in [-0.25, -0.2) is 0 Å². The molecule has 0 saturated carbocycles. The smallest absolute Gasteiger partial charge is 0.238 e. The number of likely N-dealkylation sites (tertiary alicyclic amines) is 1. The Morgan fingerprint density at radius 2 is 1.86 bits per heavy atom. The molecule has 2 unspecified atom stereocenters. The van der Waals surface area contributed by atoms with Crippen molar-refractivity contribution in [3.05, 3.63) is 26.6 Å². The second-order valence-corrected chi connectivity index (χ2v) is 7.73. The van der Waals surface area contributed by atoms with Gasteiger partial charge in [-0.3, -0.25) is 9.69 Å². The number of hydrogen-bond donors (Lipinski definition) is 2. The zero-order chi connectivity index (χ0) is 15.0. The first-order valence-corrected chi connectivity index (χ1v) is 8.80. The van der Waals surface area contributed by atoms with Crippen LogP contribution in [0.2, 0.25) is 0 Å². The first kappa shape index (κ1) is 15.5. The lowest BCUT2D eigenvalue weighted by atomic mass is 10.0. The van der Waals surface area contributed by atoms with E-state index in [4.69, 9.17) is 0 Å². The third-order valence-electron chi connectivity index (χ3n) is 4.28. The summed E-state index contributed by atoms with van der Waals surface area (Å²) in [4.78, 5) is 14.5. The van der Waals surface area contributed by atoms with Crippen LogP contribution in [0, 0.1) is 18.8 Å². The molecule has 0 bridgehead atoms. The minimum absolute atomic E-state index is 0.0492. The highest BCUT2D eigenvalue weighted by Gasteiger charge is 2.36. The maximum Gasteiger partial charge on any atom is 0.238 e. The van der Waals surface area contributed by atoms with E-state index in [1.807, 2.05) is 19.1 Å². The van der Waals surface area contributed by atoms with Crippen molar-refractivity contribution < 1.29 is 4.79 Å². The van der Waals surface area contributed by atoms with E-state index in [0.29, 0.717) is 6.54 Å². The summed E-state index contributed by atoms with van der Waals surface area (Å²) in [5, 5.41) is 6.43. The van der Waals surface area contributed by atoms with Crippen LogP contribution in [-0.4, -0.2) is 43.5 Å². The zero-order valence-electron chi connectivity index (χ0n) is 12.0. The van der Waals surface area contributed by atoms with Crippen molar-refractivity contribution in [1.29, 1.82) is 0 Å². The van der Waals surface area contributed by atoms with Gasteiger partial charge in [-0.15, -0.1) is 0 Å². The van der Waals surface area contributed by atoms with Crippen LogP contribution in [0.4, 0.5) is 5.69 Å². The Bertz CT molecular complexity index is 529. The fourth-order valence-electron chi connectivity index (χ4n) is 3.28. The van der Waals surface area contributed by atoms with Crippen LogP contribution in [0.1, 0.15) is 5.56 Å². The van der Waals surface area contributed by atoms with Crippen LogP contribution in [0.25, 0.3) is 0 Å². The molecule has 2 saturated heterocycles. The average molecular weight is 417 g/mol. The van der Waals surface area contributed by atoms with E-state index in [-0.39, 0.29) is 5.91 Å². The number of carbonyl (C=O) groups excluding carboxylic acids is 1. The van der Waals surface area contributed by atoms with Crippen LogP contribution in [-0.2, 0) is 4.79 Å². The van der Waals surface area contributed by atoms with Gasteiger partial charge in [0.1, 0.15) is 0 Å². The first-order valence-electron chi connectivity index (χ1n) is 7.21. The molecule has 2 heterocycles. The molecule has 2 fully saturated rings. The fraction of sp³-hybridized carbons (Fsp3) is 0.533. The molecule has 0 radical (unpaired) electrons. The molecular weight excluding hydrogens is 398 g/mol. The van der Waals surface area contributed by atoms with Crippen molar-refractivity contribution >= 4 is 43.5 Å². The second-order valence-electron chi connectivity index (χ2n) is 6.02. The summed E-state index contributed by atoms with van der Waals surface area (Å²) >= 11 is 7.02. The van der Waals surface area contributed by atoms with Crippen molar-refractivity contribution in [2.45, 2.75) is 6.92 Å². The highest BCUT2D eigenvalue weighted by atomic mass is 79.9. The first-order chi connectivity index (χ1) is 10.0. The number of aryl methyl sites for hydroxylation is 1. The molecule has 1 aromatic carbocycles. The molecule has 21 heavy (non-hydrogen) atoms. The highest BCUT2D eigenvalue weighted by molar-refractivity contribution is 9.11. The van der Waals surface area contributed by atoms with E-state index in [9.17, 15) is 4.79 Å². The van der Waals surface area contributed by atoms with Gasteiger partial charge in [-0.1, -0.05) is 0 Å². The quantitative estimate of drug-likeness (QED) is 0.795. The molecule has 0 aliphatic carbocycles. The Hall–Kier alpha value is -0.430. The molecule has 1 aromatic rings. The Morgan fingerprint density at radius 3 is 2.43 bits per heavy atom. The van der Waals surface area contributed by atoms with E-state index >= 15 is 0 Å². The lowest BCUT2D eigenvalue weighted by molar-refractivity contribution is -0.117. The van der Waals surface area contributed by atoms with Gasteiger partial charge in [0, 0.05) is 22.0 Å². The summed E-state index contributed by atoms with van der Waals surface area (Å²) in [6, 6.07) is 4.01. The summed E-state index contributed by atoms with van der Waals surface area (Å²) in [5.74, 6) is 1.49. The predicted molar refractivity (Wildman–Crippen MR) is 91.5 cm³/mol. The maximum absolute atomic E-state index is 12.3. The lowest BCUT2D eigenvalue weighted by Crippen LogP contribution is -2.33. The molecule has 2 atom stereocenters. The lowest BCUT2D eigenvalue weighted by Gasteiger charge is -2.17. The maximum atomic E-state index is 12.3. The third kappa shape index (κ3) is 3.50. The number of anilines is 1. The predicted octanol–water partition coefficient (Wildman–Crippen LogP) is 2.61. The number of nitrogens with zero attached hydrogens (tertiary/aromatic N) is 1. The largest absolute Gasteiger partial charge is 0.323 e. The number of nitrogens with one attached hydrogen (secondary N) is 2.